The Morgan fingerprint density at radius 1 is 1.45 bits per heavy atom. The number of benzene rings is 1. The molecule has 20 heavy (non-hydrogen) atoms. The topological polar surface area (TPSA) is 74.7 Å². The summed E-state index contributed by atoms with van der Waals surface area (Å²) < 4.78 is 38.2. The molecule has 108 valence electrons. The number of carbonyl (C=O) groups is 1. The maximum atomic E-state index is 13.0. The van der Waals surface area contributed by atoms with Crippen LogP contribution < -0.4 is 0 Å². The number of carboxylic acids is 1. The Morgan fingerprint density at radius 2 is 2.20 bits per heavy atom. The van der Waals surface area contributed by atoms with Crippen LogP contribution in [0.4, 0.5) is 4.39 Å². The summed E-state index contributed by atoms with van der Waals surface area (Å²) in [5.74, 6) is -1.87. The quantitative estimate of drug-likeness (QED) is 0.824. The molecule has 0 fully saturated rings. The summed E-state index contributed by atoms with van der Waals surface area (Å²) in [6, 6.07) is 4.55. The van der Waals surface area contributed by atoms with Crippen molar-refractivity contribution in [3.05, 3.63) is 47.8 Å². The Hall–Kier alpha value is -1.73. The van der Waals surface area contributed by atoms with E-state index in [1.807, 2.05) is 0 Å². The van der Waals surface area contributed by atoms with Crippen LogP contribution in [0.15, 0.2) is 36.4 Å². The number of rotatable bonds is 5. The normalized spacial score (nSPS) is 19.4. The molecular formula is C13H14FNO4S. The van der Waals surface area contributed by atoms with E-state index in [9.17, 15) is 17.6 Å². The van der Waals surface area contributed by atoms with E-state index in [0.29, 0.717) is 5.56 Å². The van der Waals surface area contributed by atoms with Crippen LogP contribution in [-0.4, -0.2) is 42.1 Å². The second kappa shape index (κ2) is 5.72. The Balaban J connectivity index is 2.06. The van der Waals surface area contributed by atoms with E-state index in [4.69, 9.17) is 5.11 Å². The first-order valence-corrected chi connectivity index (χ1v) is 7.64. The molecule has 0 spiro atoms. The summed E-state index contributed by atoms with van der Waals surface area (Å²) in [6.07, 6.45) is 3.00. The number of hydrogen-bond acceptors (Lipinski definition) is 3. The SMILES string of the molecule is O=C(O)C1C=CCN1S(=O)(=O)CCc1cccc(F)c1. The van der Waals surface area contributed by atoms with Crippen LogP contribution in [0.25, 0.3) is 0 Å². The lowest BCUT2D eigenvalue weighted by atomic mass is 10.2. The number of sulfonamides is 1. The van der Waals surface area contributed by atoms with Crippen molar-refractivity contribution in [2.45, 2.75) is 12.5 Å². The summed E-state index contributed by atoms with van der Waals surface area (Å²) in [5.41, 5.74) is 0.563. The van der Waals surface area contributed by atoms with E-state index >= 15 is 0 Å². The van der Waals surface area contributed by atoms with Gasteiger partial charge in [-0.15, -0.1) is 0 Å². The molecular weight excluding hydrogens is 285 g/mol. The van der Waals surface area contributed by atoms with E-state index in [1.165, 1.54) is 30.4 Å². The van der Waals surface area contributed by atoms with Crippen LogP contribution >= 0.6 is 0 Å². The summed E-state index contributed by atoms with van der Waals surface area (Å²) in [6.45, 7) is 0.0580. The average molecular weight is 299 g/mol. The van der Waals surface area contributed by atoms with Crippen LogP contribution in [0.2, 0.25) is 0 Å². The van der Waals surface area contributed by atoms with Crippen molar-refractivity contribution in [3.8, 4) is 0 Å². The highest BCUT2D eigenvalue weighted by Gasteiger charge is 2.35. The van der Waals surface area contributed by atoms with E-state index in [0.717, 1.165) is 4.31 Å². The van der Waals surface area contributed by atoms with Gasteiger partial charge >= 0.3 is 5.97 Å². The lowest BCUT2D eigenvalue weighted by Gasteiger charge is -2.20. The zero-order valence-electron chi connectivity index (χ0n) is 10.6. The summed E-state index contributed by atoms with van der Waals surface area (Å²) in [4.78, 5) is 11.0. The highest BCUT2D eigenvalue weighted by Crippen LogP contribution is 2.17. The molecule has 5 nitrogen and oxygen atoms in total. The van der Waals surface area contributed by atoms with Crippen LogP contribution in [0.5, 0.6) is 0 Å². The Labute approximate surface area is 116 Å². The minimum Gasteiger partial charge on any atom is -0.480 e. The van der Waals surface area contributed by atoms with Crippen molar-refractivity contribution in [2.24, 2.45) is 0 Å². The molecule has 1 heterocycles. The lowest BCUT2D eigenvalue weighted by molar-refractivity contribution is -0.139. The predicted octanol–water partition coefficient (Wildman–Crippen LogP) is 1.02. The fraction of sp³-hybridized carbons (Fsp3) is 0.308. The van der Waals surface area contributed by atoms with E-state index in [-0.39, 0.29) is 18.7 Å². The molecule has 1 aliphatic rings. The van der Waals surface area contributed by atoms with E-state index < -0.39 is 27.9 Å². The molecule has 0 saturated carbocycles. The number of carboxylic acid groups (broad SMARTS) is 1. The van der Waals surface area contributed by atoms with Crippen LogP contribution in [-0.2, 0) is 21.2 Å². The van der Waals surface area contributed by atoms with Gasteiger partial charge in [0, 0.05) is 6.54 Å². The molecule has 0 amide bonds. The number of nitrogens with zero attached hydrogens (tertiary/aromatic N) is 1. The first kappa shape index (κ1) is 14.7. The van der Waals surface area contributed by atoms with Crippen LogP contribution in [0.3, 0.4) is 0 Å². The van der Waals surface area contributed by atoms with E-state index in [1.54, 1.807) is 6.07 Å². The van der Waals surface area contributed by atoms with Crippen molar-refractivity contribution < 1.29 is 22.7 Å². The molecule has 0 aromatic heterocycles. The van der Waals surface area contributed by atoms with Gasteiger partial charge in [-0.3, -0.25) is 4.79 Å². The smallest absolute Gasteiger partial charge is 0.325 e. The van der Waals surface area contributed by atoms with Gasteiger partial charge in [-0.25, -0.2) is 12.8 Å². The fourth-order valence-corrected chi connectivity index (χ4v) is 3.60. The molecule has 1 aromatic carbocycles. The second-order valence-electron chi connectivity index (χ2n) is 4.48. The molecule has 1 aliphatic heterocycles. The molecule has 0 radical (unpaired) electrons. The predicted molar refractivity (Wildman–Crippen MR) is 71.2 cm³/mol. The average Bonchev–Trinajstić information content (AvgIpc) is 2.87. The maximum absolute atomic E-state index is 13.0. The van der Waals surface area contributed by atoms with Gasteiger partial charge in [0.25, 0.3) is 0 Å². The Kier molecular flexibility index (Phi) is 4.20. The molecule has 1 atom stereocenters. The van der Waals surface area contributed by atoms with Crippen molar-refractivity contribution >= 4 is 16.0 Å². The fourth-order valence-electron chi connectivity index (χ4n) is 2.05. The molecule has 7 heteroatoms. The van der Waals surface area contributed by atoms with Crippen molar-refractivity contribution in [3.63, 3.8) is 0 Å². The number of hydrogen-bond donors (Lipinski definition) is 1. The highest BCUT2D eigenvalue weighted by molar-refractivity contribution is 7.89. The van der Waals surface area contributed by atoms with Gasteiger partial charge in [-0.05, 0) is 24.1 Å². The zero-order chi connectivity index (χ0) is 14.8. The van der Waals surface area contributed by atoms with Crippen LogP contribution in [0, 0.1) is 5.82 Å². The summed E-state index contributed by atoms with van der Waals surface area (Å²) >= 11 is 0. The van der Waals surface area contributed by atoms with Gasteiger partial charge < -0.3 is 5.11 Å². The van der Waals surface area contributed by atoms with Gasteiger partial charge in [0.1, 0.15) is 11.9 Å². The minimum absolute atomic E-state index is 0.0580. The second-order valence-corrected chi connectivity index (χ2v) is 6.52. The third-order valence-corrected chi connectivity index (χ3v) is 4.87. The maximum Gasteiger partial charge on any atom is 0.325 e. The van der Waals surface area contributed by atoms with Gasteiger partial charge in [-0.1, -0.05) is 24.3 Å². The third kappa shape index (κ3) is 3.23. The van der Waals surface area contributed by atoms with Gasteiger partial charge in [-0.2, -0.15) is 4.31 Å². The molecule has 0 aliphatic carbocycles. The molecule has 0 saturated heterocycles. The Morgan fingerprint density at radius 3 is 2.85 bits per heavy atom. The molecule has 0 bridgehead atoms. The molecule has 1 N–H and O–H groups in total. The van der Waals surface area contributed by atoms with E-state index in [2.05, 4.69) is 0 Å². The first-order valence-electron chi connectivity index (χ1n) is 6.03. The first-order chi connectivity index (χ1) is 9.40. The lowest BCUT2D eigenvalue weighted by Crippen LogP contribution is -2.42. The van der Waals surface area contributed by atoms with Gasteiger partial charge in [0.05, 0.1) is 5.75 Å². The van der Waals surface area contributed by atoms with Gasteiger partial charge in [0.15, 0.2) is 0 Å². The molecule has 1 unspecified atom stereocenters. The third-order valence-electron chi connectivity index (χ3n) is 3.06. The summed E-state index contributed by atoms with van der Waals surface area (Å²) in [5, 5.41) is 8.96. The van der Waals surface area contributed by atoms with Crippen LogP contribution in [0.1, 0.15) is 5.56 Å². The zero-order valence-corrected chi connectivity index (χ0v) is 11.4. The van der Waals surface area contributed by atoms with Crippen molar-refractivity contribution in [2.75, 3.05) is 12.3 Å². The minimum atomic E-state index is -3.70. The van der Waals surface area contributed by atoms with Gasteiger partial charge in [0.2, 0.25) is 10.0 Å². The summed E-state index contributed by atoms with van der Waals surface area (Å²) in [7, 11) is -3.70. The highest BCUT2D eigenvalue weighted by atomic mass is 32.2. The molecule has 1 aromatic rings. The van der Waals surface area contributed by atoms with Crippen molar-refractivity contribution in [1.82, 2.24) is 4.31 Å². The number of halogens is 1. The van der Waals surface area contributed by atoms with Crippen molar-refractivity contribution in [1.29, 1.82) is 0 Å². The number of aliphatic carboxylic acids is 1. The number of aryl methyl sites for hydroxylation is 1. The standard InChI is InChI=1S/C13H14FNO4S/c14-11-4-1-3-10(9-11)6-8-20(18,19)15-7-2-5-12(15)13(16)17/h1-5,9,12H,6-8H2,(H,16,17). The Bertz CT molecular complexity index is 642. The largest absolute Gasteiger partial charge is 0.480 e. The monoisotopic (exact) mass is 299 g/mol. The molecule has 2 rings (SSSR count).